The van der Waals surface area contributed by atoms with Gasteiger partial charge in [-0.2, -0.15) is 0 Å². The number of carbonyl (C=O) groups is 1. The Kier molecular flexibility index (Phi) is 2.66. The number of Topliss-reactive ketones (excluding diaryl/α,β-unsaturated/α-hetero) is 1. The number of fused-ring (bicyclic) bond motifs is 1. The molecule has 4 heteroatoms. The molecule has 1 aliphatic rings. The summed E-state index contributed by atoms with van der Waals surface area (Å²) in [6.45, 7) is 4.19. The summed E-state index contributed by atoms with van der Waals surface area (Å²) in [7, 11) is 0. The smallest absolute Gasteiger partial charge is 0.178 e. The molecule has 4 nitrogen and oxygen atoms in total. The Morgan fingerprint density at radius 3 is 2.74 bits per heavy atom. The Morgan fingerprint density at radius 2 is 2.00 bits per heavy atom. The van der Waals surface area contributed by atoms with Gasteiger partial charge in [0.2, 0.25) is 0 Å². The van der Waals surface area contributed by atoms with Gasteiger partial charge in [-0.25, -0.2) is 9.97 Å². The number of rotatable bonds is 1. The van der Waals surface area contributed by atoms with Crippen molar-refractivity contribution in [2.75, 3.05) is 0 Å². The van der Waals surface area contributed by atoms with Gasteiger partial charge >= 0.3 is 0 Å². The number of nitrogens with zero attached hydrogens (tertiary/aromatic N) is 3. The molecule has 0 bridgehead atoms. The quantitative estimate of drug-likeness (QED) is 0.784. The van der Waals surface area contributed by atoms with Gasteiger partial charge in [0.15, 0.2) is 11.6 Å². The minimum absolute atomic E-state index is 0.0280. The van der Waals surface area contributed by atoms with Crippen molar-refractivity contribution in [1.29, 1.82) is 0 Å². The van der Waals surface area contributed by atoms with Crippen molar-refractivity contribution in [2.45, 2.75) is 26.7 Å². The van der Waals surface area contributed by atoms with Gasteiger partial charge in [-0.15, -0.1) is 0 Å². The average Bonchev–Trinajstić information content (AvgIpc) is 2.37. The molecule has 1 aliphatic carbocycles. The number of aromatic nitrogens is 3. The lowest BCUT2D eigenvalue weighted by Gasteiger charge is -2.29. The van der Waals surface area contributed by atoms with Crippen LogP contribution >= 0.6 is 0 Å². The van der Waals surface area contributed by atoms with Crippen molar-refractivity contribution in [1.82, 2.24) is 15.0 Å². The van der Waals surface area contributed by atoms with Crippen LogP contribution in [0.15, 0.2) is 30.6 Å². The van der Waals surface area contributed by atoms with Crippen LogP contribution in [0.4, 0.5) is 0 Å². The Labute approximate surface area is 111 Å². The Morgan fingerprint density at radius 1 is 1.16 bits per heavy atom. The molecule has 0 unspecified atom stereocenters. The minimum Gasteiger partial charge on any atom is -0.294 e. The minimum atomic E-state index is -0.0280. The van der Waals surface area contributed by atoms with E-state index in [9.17, 15) is 4.79 Å². The van der Waals surface area contributed by atoms with Crippen LogP contribution in [0.2, 0.25) is 0 Å². The lowest BCUT2D eigenvalue weighted by molar-refractivity contribution is 0.0910. The predicted molar refractivity (Wildman–Crippen MR) is 71.7 cm³/mol. The van der Waals surface area contributed by atoms with Gasteiger partial charge in [-0.05, 0) is 24.0 Å². The molecule has 0 aromatic carbocycles. The number of ketones is 1. The van der Waals surface area contributed by atoms with Gasteiger partial charge in [0, 0.05) is 18.8 Å². The van der Waals surface area contributed by atoms with Crippen molar-refractivity contribution in [3.8, 4) is 11.5 Å². The number of pyridine rings is 1. The fourth-order valence-corrected chi connectivity index (χ4v) is 2.45. The number of hydrogen-bond donors (Lipinski definition) is 0. The summed E-state index contributed by atoms with van der Waals surface area (Å²) in [4.78, 5) is 25.1. The first kappa shape index (κ1) is 12.0. The molecule has 19 heavy (non-hydrogen) atoms. The highest BCUT2D eigenvalue weighted by Crippen LogP contribution is 2.33. The van der Waals surface area contributed by atoms with E-state index in [1.807, 2.05) is 18.2 Å². The topological polar surface area (TPSA) is 55.7 Å². The fourth-order valence-electron chi connectivity index (χ4n) is 2.45. The van der Waals surface area contributed by atoms with E-state index in [-0.39, 0.29) is 11.2 Å². The zero-order valence-electron chi connectivity index (χ0n) is 11.1. The summed E-state index contributed by atoms with van der Waals surface area (Å²) in [6.07, 6.45) is 4.72. The second kappa shape index (κ2) is 4.23. The standard InChI is InChI=1S/C15H15N3O/c1-15(2)7-12-10(13(19)8-15)9-17-14(18-12)11-5-3-4-6-16-11/h3-6,9H,7-8H2,1-2H3. The van der Waals surface area contributed by atoms with Crippen LogP contribution in [0.25, 0.3) is 11.5 Å². The van der Waals surface area contributed by atoms with Gasteiger partial charge in [0.05, 0.1) is 11.3 Å². The van der Waals surface area contributed by atoms with Crippen LogP contribution < -0.4 is 0 Å². The van der Waals surface area contributed by atoms with E-state index in [2.05, 4.69) is 28.8 Å². The second-order valence-electron chi connectivity index (χ2n) is 5.71. The monoisotopic (exact) mass is 253 g/mol. The highest BCUT2D eigenvalue weighted by Gasteiger charge is 2.32. The Balaban J connectivity index is 2.07. The highest BCUT2D eigenvalue weighted by atomic mass is 16.1. The normalized spacial score (nSPS) is 17.1. The molecule has 0 N–H and O–H groups in total. The first-order chi connectivity index (χ1) is 9.05. The lowest BCUT2D eigenvalue weighted by Crippen LogP contribution is -2.28. The second-order valence-corrected chi connectivity index (χ2v) is 5.71. The molecule has 2 aromatic heterocycles. The van der Waals surface area contributed by atoms with Crippen LogP contribution in [0, 0.1) is 5.41 Å². The van der Waals surface area contributed by atoms with Crippen molar-refractivity contribution in [2.24, 2.45) is 5.41 Å². The maximum Gasteiger partial charge on any atom is 0.178 e. The van der Waals surface area contributed by atoms with Crippen molar-refractivity contribution < 1.29 is 4.79 Å². The highest BCUT2D eigenvalue weighted by molar-refractivity contribution is 5.98. The maximum absolute atomic E-state index is 12.1. The van der Waals surface area contributed by atoms with E-state index < -0.39 is 0 Å². The van der Waals surface area contributed by atoms with Crippen LogP contribution in [0.5, 0.6) is 0 Å². The number of carbonyl (C=O) groups excluding carboxylic acids is 1. The maximum atomic E-state index is 12.1. The van der Waals surface area contributed by atoms with E-state index in [1.165, 1.54) is 0 Å². The molecule has 0 aliphatic heterocycles. The lowest BCUT2D eigenvalue weighted by atomic mass is 9.76. The van der Waals surface area contributed by atoms with E-state index in [4.69, 9.17) is 0 Å². The van der Waals surface area contributed by atoms with Gasteiger partial charge in [-0.1, -0.05) is 19.9 Å². The molecule has 2 heterocycles. The molecule has 3 rings (SSSR count). The third-order valence-electron chi connectivity index (χ3n) is 3.35. The van der Waals surface area contributed by atoms with Gasteiger partial charge < -0.3 is 0 Å². The number of hydrogen-bond acceptors (Lipinski definition) is 4. The van der Waals surface area contributed by atoms with Gasteiger partial charge in [-0.3, -0.25) is 9.78 Å². The molecule has 0 spiro atoms. The molecule has 0 saturated heterocycles. The molecular formula is C15H15N3O. The third-order valence-corrected chi connectivity index (χ3v) is 3.35. The van der Waals surface area contributed by atoms with E-state index in [0.29, 0.717) is 17.8 Å². The van der Waals surface area contributed by atoms with Crippen LogP contribution in [-0.4, -0.2) is 20.7 Å². The summed E-state index contributed by atoms with van der Waals surface area (Å²) in [6, 6.07) is 5.63. The first-order valence-corrected chi connectivity index (χ1v) is 6.36. The van der Waals surface area contributed by atoms with E-state index >= 15 is 0 Å². The summed E-state index contributed by atoms with van der Waals surface area (Å²) < 4.78 is 0. The van der Waals surface area contributed by atoms with Crippen LogP contribution in [0.3, 0.4) is 0 Å². The van der Waals surface area contributed by atoms with Gasteiger partial charge in [0.1, 0.15) is 5.69 Å². The van der Waals surface area contributed by atoms with E-state index in [0.717, 1.165) is 17.8 Å². The van der Waals surface area contributed by atoms with Crippen molar-refractivity contribution in [3.05, 3.63) is 41.9 Å². The molecule has 0 fully saturated rings. The average molecular weight is 253 g/mol. The summed E-state index contributed by atoms with van der Waals surface area (Å²) in [5.74, 6) is 0.726. The SMILES string of the molecule is CC1(C)CC(=O)c2cnc(-c3ccccn3)nc2C1. The van der Waals surface area contributed by atoms with Crippen LogP contribution in [-0.2, 0) is 6.42 Å². The van der Waals surface area contributed by atoms with E-state index in [1.54, 1.807) is 12.4 Å². The third kappa shape index (κ3) is 2.26. The summed E-state index contributed by atoms with van der Waals surface area (Å²) >= 11 is 0. The molecule has 2 aromatic rings. The summed E-state index contributed by atoms with van der Waals surface area (Å²) in [5, 5.41) is 0. The molecule has 0 amide bonds. The van der Waals surface area contributed by atoms with Gasteiger partial charge in [0.25, 0.3) is 0 Å². The molecule has 0 saturated carbocycles. The largest absolute Gasteiger partial charge is 0.294 e. The first-order valence-electron chi connectivity index (χ1n) is 6.36. The molecular weight excluding hydrogens is 238 g/mol. The molecule has 96 valence electrons. The Hall–Kier alpha value is -2.10. The molecule has 0 radical (unpaired) electrons. The van der Waals surface area contributed by atoms with Crippen LogP contribution in [0.1, 0.15) is 36.3 Å². The zero-order valence-corrected chi connectivity index (χ0v) is 11.1. The van der Waals surface area contributed by atoms with Crippen molar-refractivity contribution >= 4 is 5.78 Å². The fraction of sp³-hybridized carbons (Fsp3) is 0.333. The Bertz CT molecular complexity index is 635. The zero-order chi connectivity index (χ0) is 13.5. The predicted octanol–water partition coefficient (Wildman–Crippen LogP) is 2.69. The molecule has 0 atom stereocenters. The van der Waals surface area contributed by atoms with Crippen molar-refractivity contribution in [3.63, 3.8) is 0 Å². The summed E-state index contributed by atoms with van der Waals surface area (Å²) in [5.41, 5.74) is 2.22.